The van der Waals surface area contributed by atoms with Crippen LogP contribution in [0.2, 0.25) is 0 Å². The molecule has 0 saturated carbocycles. The van der Waals surface area contributed by atoms with Gasteiger partial charge in [-0.05, 0) is 35.4 Å². The number of amides is 1. The van der Waals surface area contributed by atoms with Crippen molar-refractivity contribution in [2.75, 3.05) is 21.2 Å². The van der Waals surface area contributed by atoms with E-state index in [0.29, 0.717) is 11.1 Å². The van der Waals surface area contributed by atoms with Gasteiger partial charge in [0.2, 0.25) is 15.9 Å². The molecule has 0 aromatic heterocycles. The van der Waals surface area contributed by atoms with Crippen LogP contribution in [0.15, 0.2) is 59.5 Å². The molecular weight excluding hydrogens is 380 g/mol. The van der Waals surface area contributed by atoms with Gasteiger partial charge in [-0.15, -0.1) is 0 Å². The van der Waals surface area contributed by atoms with Crippen molar-refractivity contribution in [3.63, 3.8) is 0 Å². The molecule has 0 saturated heterocycles. The molecule has 0 heterocycles. The highest BCUT2D eigenvalue weighted by Crippen LogP contribution is 2.18. The summed E-state index contributed by atoms with van der Waals surface area (Å²) in [6.45, 7) is 0.0771. The van der Waals surface area contributed by atoms with Crippen molar-refractivity contribution in [3.8, 4) is 0 Å². The van der Waals surface area contributed by atoms with E-state index in [1.807, 2.05) is 0 Å². The zero-order chi connectivity index (χ0) is 20.7. The maximum absolute atomic E-state index is 12.4. The van der Waals surface area contributed by atoms with Crippen LogP contribution in [0.4, 0.5) is 0 Å². The molecule has 1 N–H and O–H groups in total. The molecule has 0 aliphatic rings. The first-order chi connectivity index (χ1) is 13.3. The lowest BCUT2D eigenvalue weighted by Gasteiger charge is -2.15. The molecule has 2 aromatic carbocycles. The van der Waals surface area contributed by atoms with Gasteiger partial charge >= 0.3 is 5.97 Å². The minimum absolute atomic E-state index is 0.0771. The van der Waals surface area contributed by atoms with Crippen molar-refractivity contribution >= 4 is 28.0 Å². The van der Waals surface area contributed by atoms with Crippen LogP contribution in [0, 0.1) is 0 Å². The lowest BCUT2D eigenvalue weighted by atomic mass is 10.1. The fourth-order valence-electron chi connectivity index (χ4n) is 2.36. The molecule has 2 rings (SSSR count). The molecule has 0 atom stereocenters. The number of nitrogens with one attached hydrogen (secondary N) is 1. The Bertz CT molecular complexity index is 980. The highest BCUT2D eigenvalue weighted by Gasteiger charge is 2.20. The number of ether oxygens (including phenoxy) is 1. The predicted octanol–water partition coefficient (Wildman–Crippen LogP) is 2.05. The maximum atomic E-state index is 12.4. The Balaban J connectivity index is 2.04. The Morgan fingerprint density at radius 3 is 2.32 bits per heavy atom. The molecule has 0 aliphatic heterocycles. The predicted molar refractivity (Wildman–Crippen MR) is 106 cm³/mol. The van der Waals surface area contributed by atoms with E-state index < -0.39 is 16.0 Å². The summed E-state index contributed by atoms with van der Waals surface area (Å²) >= 11 is 0. The number of methoxy groups -OCH3 is 1. The monoisotopic (exact) mass is 402 g/mol. The molecule has 0 radical (unpaired) electrons. The van der Waals surface area contributed by atoms with Gasteiger partial charge in [-0.25, -0.2) is 17.5 Å². The van der Waals surface area contributed by atoms with Gasteiger partial charge in [0.05, 0.1) is 17.6 Å². The molecule has 0 bridgehead atoms. The minimum Gasteiger partial charge on any atom is -0.465 e. The first-order valence-corrected chi connectivity index (χ1v) is 9.84. The van der Waals surface area contributed by atoms with Crippen molar-refractivity contribution in [2.45, 2.75) is 11.4 Å². The van der Waals surface area contributed by atoms with E-state index in [-0.39, 0.29) is 17.3 Å². The largest absolute Gasteiger partial charge is 0.465 e. The second-order valence-electron chi connectivity index (χ2n) is 6.06. The number of carbonyl (C=O) groups is 2. The average Bonchev–Trinajstić information content (AvgIpc) is 2.70. The molecule has 28 heavy (non-hydrogen) atoms. The van der Waals surface area contributed by atoms with Crippen molar-refractivity contribution in [1.82, 2.24) is 9.62 Å². The van der Waals surface area contributed by atoms with Crippen LogP contribution in [-0.2, 0) is 26.1 Å². The van der Waals surface area contributed by atoms with Gasteiger partial charge in [0.1, 0.15) is 0 Å². The van der Waals surface area contributed by atoms with Crippen molar-refractivity contribution in [2.24, 2.45) is 0 Å². The Hall–Kier alpha value is -2.97. The molecular formula is C20H22N2O5S. The molecule has 7 nitrogen and oxygen atoms in total. The number of carbonyl (C=O) groups excluding carboxylic acids is 2. The van der Waals surface area contributed by atoms with Crippen LogP contribution in [-0.4, -0.2) is 45.8 Å². The summed E-state index contributed by atoms with van der Waals surface area (Å²) in [6.07, 6.45) is 2.94. The Morgan fingerprint density at radius 1 is 1.07 bits per heavy atom. The number of esters is 1. The Kier molecular flexibility index (Phi) is 7.08. The van der Waals surface area contributed by atoms with E-state index in [2.05, 4.69) is 10.1 Å². The lowest BCUT2D eigenvalue weighted by molar-refractivity contribution is -0.116. The van der Waals surface area contributed by atoms with Crippen LogP contribution < -0.4 is 5.32 Å². The number of hydrogen-bond donors (Lipinski definition) is 1. The van der Waals surface area contributed by atoms with Gasteiger partial charge in [0, 0.05) is 26.7 Å². The third kappa shape index (κ3) is 5.28. The molecule has 8 heteroatoms. The summed E-state index contributed by atoms with van der Waals surface area (Å²) in [7, 11) is 0.625. The second kappa shape index (κ2) is 9.29. The van der Waals surface area contributed by atoms with Crippen molar-refractivity contribution in [3.05, 3.63) is 71.3 Å². The van der Waals surface area contributed by atoms with Gasteiger partial charge in [0.15, 0.2) is 0 Å². The zero-order valence-electron chi connectivity index (χ0n) is 15.9. The summed E-state index contributed by atoms with van der Waals surface area (Å²) in [5.74, 6) is -0.797. The summed E-state index contributed by atoms with van der Waals surface area (Å²) < 4.78 is 30.5. The Labute approximate surface area is 164 Å². The normalized spacial score (nSPS) is 11.6. The van der Waals surface area contributed by atoms with Crippen molar-refractivity contribution in [1.29, 1.82) is 0 Å². The maximum Gasteiger partial charge on any atom is 0.337 e. The van der Waals surface area contributed by atoms with Crippen LogP contribution >= 0.6 is 0 Å². The highest BCUT2D eigenvalue weighted by atomic mass is 32.2. The first kappa shape index (κ1) is 21.3. The number of sulfonamides is 1. The van der Waals surface area contributed by atoms with Crippen LogP contribution in [0.5, 0.6) is 0 Å². The second-order valence-corrected chi connectivity index (χ2v) is 8.18. The van der Waals surface area contributed by atoms with Gasteiger partial charge < -0.3 is 10.1 Å². The smallest absolute Gasteiger partial charge is 0.337 e. The van der Waals surface area contributed by atoms with E-state index in [1.54, 1.807) is 48.5 Å². The highest BCUT2D eigenvalue weighted by molar-refractivity contribution is 7.89. The summed E-state index contributed by atoms with van der Waals surface area (Å²) in [6, 6.07) is 13.1. The van der Waals surface area contributed by atoms with E-state index >= 15 is 0 Å². The summed E-state index contributed by atoms with van der Waals surface area (Å²) in [5.41, 5.74) is 1.65. The number of nitrogens with zero attached hydrogens (tertiary/aromatic N) is 1. The van der Waals surface area contributed by atoms with Crippen molar-refractivity contribution < 1.29 is 22.7 Å². The number of benzene rings is 2. The van der Waals surface area contributed by atoms with Gasteiger partial charge in [-0.3, -0.25) is 4.79 Å². The van der Waals surface area contributed by atoms with E-state index in [4.69, 9.17) is 0 Å². The number of rotatable bonds is 7. The third-order valence-electron chi connectivity index (χ3n) is 3.94. The summed E-state index contributed by atoms with van der Waals surface area (Å²) in [5, 5.41) is 2.68. The lowest BCUT2D eigenvalue weighted by Crippen LogP contribution is -2.26. The van der Waals surface area contributed by atoms with Gasteiger partial charge in [0.25, 0.3) is 0 Å². The molecule has 2 aromatic rings. The Morgan fingerprint density at radius 2 is 1.71 bits per heavy atom. The molecule has 0 fully saturated rings. The average molecular weight is 402 g/mol. The zero-order valence-corrected chi connectivity index (χ0v) is 16.7. The molecule has 148 valence electrons. The molecule has 0 aliphatic carbocycles. The third-order valence-corrected chi connectivity index (χ3v) is 5.86. The number of hydrogen-bond acceptors (Lipinski definition) is 5. The SMILES string of the molecule is COC(=O)c1ccc(/C=C/C(=O)NCc2ccccc2S(=O)(=O)N(C)C)cc1. The molecule has 0 unspecified atom stereocenters. The summed E-state index contributed by atoms with van der Waals surface area (Å²) in [4.78, 5) is 23.6. The van der Waals surface area contributed by atoms with Gasteiger partial charge in [-0.2, -0.15) is 0 Å². The van der Waals surface area contributed by atoms with Crippen LogP contribution in [0.1, 0.15) is 21.5 Å². The quantitative estimate of drug-likeness (QED) is 0.565. The van der Waals surface area contributed by atoms with Crippen LogP contribution in [0.3, 0.4) is 0 Å². The fourth-order valence-corrected chi connectivity index (χ4v) is 3.48. The molecule has 0 spiro atoms. The standard InChI is InChI=1S/C20H22N2O5S/c1-22(2)28(25,26)18-7-5-4-6-17(18)14-21-19(23)13-10-15-8-11-16(12-9-15)20(24)27-3/h4-13H,14H2,1-3H3,(H,21,23)/b13-10+. The first-order valence-electron chi connectivity index (χ1n) is 8.40. The fraction of sp³-hybridized carbons (Fsp3) is 0.200. The van der Waals surface area contributed by atoms with E-state index in [1.165, 1.54) is 33.3 Å². The van der Waals surface area contributed by atoms with Crippen LogP contribution in [0.25, 0.3) is 6.08 Å². The van der Waals surface area contributed by atoms with E-state index in [0.717, 1.165) is 9.87 Å². The van der Waals surface area contributed by atoms with Gasteiger partial charge in [-0.1, -0.05) is 30.3 Å². The molecule has 1 amide bonds. The minimum atomic E-state index is -3.60. The topological polar surface area (TPSA) is 92.8 Å². The van der Waals surface area contributed by atoms with E-state index in [9.17, 15) is 18.0 Å².